The van der Waals surface area contributed by atoms with Gasteiger partial charge in [0.25, 0.3) is 0 Å². The van der Waals surface area contributed by atoms with Gasteiger partial charge in [0.05, 0.1) is 18.6 Å². The predicted octanol–water partition coefficient (Wildman–Crippen LogP) is 4.80. The van der Waals surface area contributed by atoms with E-state index in [1.807, 2.05) is 60.0 Å². The number of rotatable bonds is 7. The number of fused-ring (bicyclic) bond motifs is 1. The lowest BCUT2D eigenvalue weighted by Gasteiger charge is -2.09. The van der Waals surface area contributed by atoms with Crippen LogP contribution in [0.3, 0.4) is 0 Å². The molecule has 0 unspecified atom stereocenters. The van der Waals surface area contributed by atoms with Crippen LogP contribution < -0.4 is 10.1 Å². The van der Waals surface area contributed by atoms with E-state index in [0.29, 0.717) is 16.7 Å². The number of halogens is 1. The van der Waals surface area contributed by atoms with Gasteiger partial charge in [-0.15, -0.1) is 10.2 Å². The van der Waals surface area contributed by atoms with Crippen molar-refractivity contribution in [3.05, 3.63) is 77.1 Å². The van der Waals surface area contributed by atoms with Crippen molar-refractivity contribution in [1.82, 2.24) is 20.1 Å². The Kier molecular flexibility index (Phi) is 6.44. The van der Waals surface area contributed by atoms with Crippen LogP contribution in [0.15, 0.2) is 66.1 Å². The maximum Gasteiger partial charge on any atom is 0.230 e. The summed E-state index contributed by atoms with van der Waals surface area (Å²) in [5.41, 5.74) is 2.89. The van der Waals surface area contributed by atoms with E-state index in [9.17, 15) is 4.79 Å². The summed E-state index contributed by atoms with van der Waals surface area (Å²) >= 11 is 7.56. The number of benzene rings is 3. The number of aromatic nitrogens is 3. The normalized spacial score (nSPS) is 10.9. The second kappa shape index (κ2) is 9.41. The van der Waals surface area contributed by atoms with E-state index in [4.69, 9.17) is 16.3 Å². The summed E-state index contributed by atoms with van der Waals surface area (Å²) < 4.78 is 7.08. The van der Waals surface area contributed by atoms with Gasteiger partial charge < -0.3 is 10.1 Å². The molecule has 158 valence electrons. The first kappa shape index (κ1) is 21.2. The summed E-state index contributed by atoms with van der Waals surface area (Å²) in [5.74, 6) is 0.992. The molecule has 0 saturated heterocycles. The molecule has 0 aliphatic rings. The fourth-order valence-corrected chi connectivity index (χ4v) is 4.06. The molecule has 1 amide bonds. The van der Waals surface area contributed by atoms with Crippen LogP contribution in [0.4, 0.5) is 0 Å². The summed E-state index contributed by atoms with van der Waals surface area (Å²) in [7, 11) is 1.65. The minimum atomic E-state index is -0.0729. The van der Waals surface area contributed by atoms with Crippen LogP contribution in [0.25, 0.3) is 16.5 Å². The van der Waals surface area contributed by atoms with E-state index in [2.05, 4.69) is 21.6 Å². The number of carbonyl (C=O) groups is 1. The van der Waals surface area contributed by atoms with Crippen LogP contribution in [-0.2, 0) is 11.3 Å². The second-order valence-corrected chi connectivity index (χ2v) is 8.38. The fraction of sp³-hybridized carbons (Fsp3) is 0.174. The molecule has 0 aliphatic carbocycles. The van der Waals surface area contributed by atoms with Gasteiger partial charge in [0, 0.05) is 11.6 Å². The summed E-state index contributed by atoms with van der Waals surface area (Å²) in [6.45, 7) is 2.41. The minimum absolute atomic E-state index is 0.0729. The molecule has 3 aromatic carbocycles. The number of carbonyl (C=O) groups excluding carboxylic acids is 1. The molecule has 0 saturated carbocycles. The molecule has 0 bridgehead atoms. The van der Waals surface area contributed by atoms with Crippen LogP contribution in [-0.4, -0.2) is 33.5 Å². The zero-order valence-corrected chi connectivity index (χ0v) is 18.7. The number of nitrogens with zero attached hydrogens (tertiary/aromatic N) is 3. The number of hydrogen-bond donors (Lipinski definition) is 1. The van der Waals surface area contributed by atoms with E-state index in [0.717, 1.165) is 33.3 Å². The Morgan fingerprint density at radius 1 is 1.13 bits per heavy atom. The van der Waals surface area contributed by atoms with Gasteiger partial charge in [-0.25, -0.2) is 0 Å². The van der Waals surface area contributed by atoms with Gasteiger partial charge in [-0.05, 0) is 59.2 Å². The first-order valence-electron chi connectivity index (χ1n) is 9.66. The van der Waals surface area contributed by atoms with Crippen molar-refractivity contribution in [1.29, 1.82) is 0 Å². The van der Waals surface area contributed by atoms with Crippen molar-refractivity contribution in [2.24, 2.45) is 0 Å². The van der Waals surface area contributed by atoms with Crippen molar-refractivity contribution in [3.8, 4) is 11.4 Å². The molecule has 1 N–H and O–H groups in total. The number of methoxy groups -OCH3 is 1. The largest absolute Gasteiger partial charge is 0.497 e. The van der Waals surface area contributed by atoms with Crippen molar-refractivity contribution >= 4 is 40.0 Å². The Morgan fingerprint density at radius 3 is 2.74 bits per heavy atom. The number of hydrogen-bond acceptors (Lipinski definition) is 5. The van der Waals surface area contributed by atoms with Crippen molar-refractivity contribution in [2.45, 2.75) is 18.6 Å². The molecule has 0 aliphatic heterocycles. The van der Waals surface area contributed by atoms with E-state index in [1.54, 1.807) is 13.4 Å². The van der Waals surface area contributed by atoms with Crippen LogP contribution >= 0.6 is 23.4 Å². The third-order valence-corrected chi connectivity index (χ3v) is 6.23. The Morgan fingerprint density at radius 2 is 1.94 bits per heavy atom. The average Bonchev–Trinajstić information content (AvgIpc) is 3.26. The number of thioether (sulfide) groups is 1. The molecular formula is C23H21ClN4O2S. The van der Waals surface area contributed by atoms with Gasteiger partial charge in [0.2, 0.25) is 5.91 Å². The molecular weight excluding hydrogens is 432 g/mol. The third kappa shape index (κ3) is 5.00. The average molecular weight is 453 g/mol. The van der Waals surface area contributed by atoms with Crippen LogP contribution in [0.5, 0.6) is 5.75 Å². The summed E-state index contributed by atoms with van der Waals surface area (Å²) in [4.78, 5) is 12.4. The Hall–Kier alpha value is -3.03. The zero-order valence-electron chi connectivity index (χ0n) is 17.1. The Bertz CT molecular complexity index is 1240. The molecule has 0 radical (unpaired) electrons. The highest BCUT2D eigenvalue weighted by Gasteiger charge is 2.11. The molecule has 1 heterocycles. The Balaban J connectivity index is 1.35. The van der Waals surface area contributed by atoms with E-state index >= 15 is 0 Å². The molecule has 1 aromatic heterocycles. The molecule has 31 heavy (non-hydrogen) atoms. The molecule has 6 nitrogen and oxygen atoms in total. The first-order chi connectivity index (χ1) is 15.0. The number of ether oxygens (including phenoxy) is 1. The lowest BCUT2D eigenvalue weighted by atomic mass is 10.1. The number of aryl methyl sites for hydroxylation is 1. The molecule has 4 aromatic rings. The van der Waals surface area contributed by atoms with Gasteiger partial charge in [-0.3, -0.25) is 9.36 Å². The molecule has 8 heteroatoms. The highest BCUT2D eigenvalue weighted by Crippen LogP contribution is 2.24. The number of amides is 1. The second-order valence-electron chi connectivity index (χ2n) is 7.03. The van der Waals surface area contributed by atoms with Crippen LogP contribution in [0, 0.1) is 6.92 Å². The van der Waals surface area contributed by atoms with Gasteiger partial charge in [-0.2, -0.15) is 0 Å². The molecule has 4 rings (SSSR count). The van der Waals surface area contributed by atoms with Gasteiger partial charge in [-0.1, -0.05) is 47.6 Å². The predicted molar refractivity (Wildman–Crippen MR) is 124 cm³/mol. The smallest absolute Gasteiger partial charge is 0.230 e. The molecule has 0 fully saturated rings. The first-order valence-corrected chi connectivity index (χ1v) is 11.0. The summed E-state index contributed by atoms with van der Waals surface area (Å²) in [6.07, 6.45) is 1.62. The van der Waals surface area contributed by atoms with E-state index in [1.165, 1.54) is 11.8 Å². The van der Waals surface area contributed by atoms with Crippen molar-refractivity contribution < 1.29 is 9.53 Å². The minimum Gasteiger partial charge on any atom is -0.497 e. The fourth-order valence-electron chi connectivity index (χ4n) is 3.12. The summed E-state index contributed by atoms with van der Waals surface area (Å²) in [6, 6.07) is 17.8. The quantitative estimate of drug-likeness (QED) is 0.408. The van der Waals surface area contributed by atoms with E-state index in [-0.39, 0.29) is 11.7 Å². The van der Waals surface area contributed by atoms with Crippen molar-refractivity contribution in [2.75, 3.05) is 12.9 Å². The SMILES string of the molecule is COc1ccc2cc(CNC(=O)CSc3nncn3-c3ccc(C)c(Cl)c3)ccc2c1. The highest BCUT2D eigenvalue weighted by molar-refractivity contribution is 7.99. The lowest BCUT2D eigenvalue weighted by molar-refractivity contribution is -0.118. The third-order valence-electron chi connectivity index (χ3n) is 4.88. The van der Waals surface area contributed by atoms with Crippen LogP contribution in [0.1, 0.15) is 11.1 Å². The van der Waals surface area contributed by atoms with Gasteiger partial charge >= 0.3 is 0 Å². The van der Waals surface area contributed by atoms with Gasteiger partial charge in [0.15, 0.2) is 5.16 Å². The maximum atomic E-state index is 12.4. The highest BCUT2D eigenvalue weighted by atomic mass is 35.5. The standard InChI is InChI=1S/C23H21ClN4O2S/c1-15-3-7-19(11-21(15)24)28-14-26-27-23(28)31-13-22(29)25-12-16-4-5-18-10-20(30-2)8-6-17(18)9-16/h3-11,14H,12-13H2,1-2H3,(H,25,29). The number of nitrogens with one attached hydrogen (secondary N) is 1. The monoisotopic (exact) mass is 452 g/mol. The summed E-state index contributed by atoms with van der Waals surface area (Å²) in [5, 5.41) is 14.6. The molecule has 0 spiro atoms. The van der Waals surface area contributed by atoms with Gasteiger partial charge in [0.1, 0.15) is 12.1 Å². The van der Waals surface area contributed by atoms with Crippen molar-refractivity contribution in [3.63, 3.8) is 0 Å². The lowest BCUT2D eigenvalue weighted by Crippen LogP contribution is -2.24. The maximum absolute atomic E-state index is 12.4. The van der Waals surface area contributed by atoms with Crippen LogP contribution in [0.2, 0.25) is 5.02 Å². The Labute approximate surface area is 189 Å². The van der Waals surface area contributed by atoms with E-state index < -0.39 is 0 Å². The topological polar surface area (TPSA) is 69.0 Å². The zero-order chi connectivity index (χ0) is 21.8. The molecule has 0 atom stereocenters.